The second kappa shape index (κ2) is 10.8. The van der Waals surface area contributed by atoms with Crippen molar-refractivity contribution in [2.75, 3.05) is 39.1 Å². The zero-order valence-electron chi connectivity index (χ0n) is 22.3. The van der Waals surface area contributed by atoms with Gasteiger partial charge in [-0.1, -0.05) is 30.3 Å². The van der Waals surface area contributed by atoms with Crippen LogP contribution in [-0.4, -0.2) is 49.1 Å². The number of nitrogens with zero attached hydrogens (tertiary/aromatic N) is 3. The highest BCUT2D eigenvalue weighted by molar-refractivity contribution is 6.06. The molecule has 5 rings (SSSR count). The average molecular weight is 528 g/mol. The van der Waals surface area contributed by atoms with Crippen LogP contribution in [0, 0.1) is 0 Å². The quantitative estimate of drug-likeness (QED) is 0.333. The van der Waals surface area contributed by atoms with E-state index in [4.69, 9.17) is 29.0 Å². The van der Waals surface area contributed by atoms with Gasteiger partial charge in [0.1, 0.15) is 17.5 Å². The van der Waals surface area contributed by atoms with Gasteiger partial charge in [0.25, 0.3) is 5.91 Å². The van der Waals surface area contributed by atoms with E-state index in [-0.39, 0.29) is 5.91 Å². The van der Waals surface area contributed by atoms with Crippen molar-refractivity contribution in [1.29, 1.82) is 0 Å². The number of nitrogens with one attached hydrogen (secondary N) is 2. The van der Waals surface area contributed by atoms with Crippen molar-refractivity contribution in [1.82, 2.24) is 14.8 Å². The van der Waals surface area contributed by atoms with Crippen molar-refractivity contribution < 1.29 is 23.7 Å². The highest BCUT2D eigenvalue weighted by atomic mass is 16.5. The summed E-state index contributed by atoms with van der Waals surface area (Å²) in [7, 11) is 6.28. The summed E-state index contributed by atoms with van der Waals surface area (Å²) in [5, 5.41) is 11.1. The van der Waals surface area contributed by atoms with Crippen LogP contribution < -0.4 is 29.6 Å². The molecule has 0 saturated carbocycles. The smallest absolute Gasteiger partial charge is 0.255 e. The molecule has 1 atom stereocenters. The van der Waals surface area contributed by atoms with Gasteiger partial charge in [0.15, 0.2) is 17.3 Å². The van der Waals surface area contributed by atoms with E-state index < -0.39 is 6.04 Å². The first-order valence-electron chi connectivity index (χ1n) is 12.2. The van der Waals surface area contributed by atoms with E-state index in [1.54, 1.807) is 45.3 Å². The Morgan fingerprint density at radius 2 is 1.49 bits per heavy atom. The summed E-state index contributed by atoms with van der Waals surface area (Å²) < 4.78 is 24.1. The molecule has 1 aliphatic heterocycles. The van der Waals surface area contributed by atoms with Crippen molar-refractivity contribution >= 4 is 17.5 Å². The van der Waals surface area contributed by atoms with Crippen molar-refractivity contribution in [3.05, 3.63) is 83.6 Å². The van der Waals surface area contributed by atoms with Gasteiger partial charge in [0.05, 0.1) is 39.6 Å². The lowest BCUT2D eigenvalue weighted by Crippen LogP contribution is -2.31. The fourth-order valence-corrected chi connectivity index (χ4v) is 4.66. The third kappa shape index (κ3) is 4.72. The Bertz CT molecular complexity index is 1550. The molecule has 2 N–H and O–H groups in total. The van der Waals surface area contributed by atoms with Crippen LogP contribution in [0.5, 0.6) is 23.0 Å². The van der Waals surface area contributed by atoms with E-state index in [9.17, 15) is 4.79 Å². The number of aromatic nitrogens is 3. The van der Waals surface area contributed by atoms with E-state index in [1.807, 2.05) is 61.5 Å². The van der Waals surface area contributed by atoms with Crippen LogP contribution in [0.2, 0.25) is 0 Å². The second-order valence-electron chi connectivity index (χ2n) is 8.74. The van der Waals surface area contributed by atoms with Crippen molar-refractivity contribution in [2.24, 2.45) is 0 Å². The molecule has 1 aromatic heterocycles. The largest absolute Gasteiger partial charge is 0.496 e. The Labute approximate surface area is 226 Å². The lowest BCUT2D eigenvalue weighted by atomic mass is 9.93. The van der Waals surface area contributed by atoms with Crippen LogP contribution in [-0.2, 0) is 4.79 Å². The van der Waals surface area contributed by atoms with Gasteiger partial charge >= 0.3 is 0 Å². The summed E-state index contributed by atoms with van der Waals surface area (Å²) in [5.41, 5.74) is 3.09. The number of allylic oxidation sites excluding steroid dienone is 1. The lowest BCUT2D eigenvalue weighted by molar-refractivity contribution is -0.113. The molecule has 1 unspecified atom stereocenters. The van der Waals surface area contributed by atoms with E-state index in [2.05, 4.69) is 10.6 Å². The molecule has 4 aromatic rings. The molecule has 0 saturated heterocycles. The maximum absolute atomic E-state index is 13.8. The zero-order chi connectivity index (χ0) is 27.5. The van der Waals surface area contributed by atoms with Crippen LogP contribution in [0.1, 0.15) is 18.5 Å². The Morgan fingerprint density at radius 3 is 2.18 bits per heavy atom. The fraction of sp³-hybridized carbons (Fsp3) is 0.207. The summed E-state index contributed by atoms with van der Waals surface area (Å²) in [6.07, 6.45) is 0. The second-order valence-corrected chi connectivity index (χ2v) is 8.74. The van der Waals surface area contributed by atoms with Gasteiger partial charge in [-0.25, -0.2) is 4.68 Å². The van der Waals surface area contributed by atoms with Crippen molar-refractivity contribution in [3.8, 4) is 34.4 Å². The van der Waals surface area contributed by atoms with Gasteiger partial charge in [-0.3, -0.25) is 4.79 Å². The van der Waals surface area contributed by atoms with Crippen LogP contribution in [0.15, 0.2) is 78.0 Å². The number of hydrogen-bond donors (Lipinski definition) is 2. The van der Waals surface area contributed by atoms with Gasteiger partial charge in [0.2, 0.25) is 5.95 Å². The first kappa shape index (κ1) is 25.7. The predicted octanol–water partition coefficient (Wildman–Crippen LogP) is 4.91. The van der Waals surface area contributed by atoms with Gasteiger partial charge in [-0.2, -0.15) is 4.98 Å². The van der Waals surface area contributed by atoms with Crippen LogP contribution in [0.3, 0.4) is 0 Å². The van der Waals surface area contributed by atoms with E-state index in [1.165, 1.54) is 0 Å². The number of hydrogen-bond acceptors (Lipinski definition) is 8. The minimum atomic E-state index is -0.712. The SMILES string of the molecule is COc1cc(OC)c(C2C(C(=O)Nc3ccccc3)=C(C)Nc3nc(-c4ccccc4OC)nn32)cc1OC. The monoisotopic (exact) mass is 527 g/mol. The topological polar surface area (TPSA) is 109 Å². The lowest BCUT2D eigenvalue weighted by Gasteiger charge is -2.30. The van der Waals surface area contributed by atoms with Gasteiger partial charge in [0, 0.05) is 23.0 Å². The number of ether oxygens (including phenoxy) is 4. The standard InChI is InChI=1S/C29H29N5O5/c1-17-25(28(35)31-18-11-7-6-8-12-18)26(20-15-23(38-4)24(39-5)16-22(20)37-3)34-29(30-17)32-27(33-34)19-13-9-10-14-21(19)36-2/h6-16,26H,1-5H3,(H,31,35)(H,30,32,33). The summed E-state index contributed by atoms with van der Waals surface area (Å²) in [5.74, 6) is 2.72. The highest BCUT2D eigenvalue weighted by Crippen LogP contribution is 2.44. The molecule has 2 heterocycles. The minimum Gasteiger partial charge on any atom is -0.496 e. The summed E-state index contributed by atoms with van der Waals surface area (Å²) in [4.78, 5) is 18.6. The number of methoxy groups -OCH3 is 4. The Hall–Kier alpha value is -4.99. The highest BCUT2D eigenvalue weighted by Gasteiger charge is 2.37. The number of carbonyl (C=O) groups is 1. The molecule has 10 nitrogen and oxygen atoms in total. The first-order chi connectivity index (χ1) is 19.0. The Balaban J connectivity index is 1.71. The molecule has 39 heavy (non-hydrogen) atoms. The third-order valence-corrected chi connectivity index (χ3v) is 6.51. The molecule has 0 aliphatic carbocycles. The molecule has 1 amide bonds. The average Bonchev–Trinajstić information content (AvgIpc) is 3.39. The Morgan fingerprint density at radius 1 is 0.846 bits per heavy atom. The number of rotatable bonds is 8. The molecular weight excluding hydrogens is 498 g/mol. The number of anilines is 2. The van der Waals surface area contributed by atoms with E-state index in [0.29, 0.717) is 57.3 Å². The maximum Gasteiger partial charge on any atom is 0.255 e. The number of para-hydroxylation sites is 2. The Kier molecular flexibility index (Phi) is 7.09. The molecule has 10 heteroatoms. The van der Waals surface area contributed by atoms with Gasteiger partial charge in [-0.05, 0) is 37.3 Å². The van der Waals surface area contributed by atoms with Crippen molar-refractivity contribution in [2.45, 2.75) is 13.0 Å². The third-order valence-electron chi connectivity index (χ3n) is 6.51. The molecule has 200 valence electrons. The zero-order valence-corrected chi connectivity index (χ0v) is 22.3. The fourth-order valence-electron chi connectivity index (χ4n) is 4.66. The van der Waals surface area contributed by atoms with Gasteiger partial charge < -0.3 is 29.6 Å². The molecule has 0 bridgehead atoms. The normalized spacial score (nSPS) is 14.2. The number of benzene rings is 3. The summed E-state index contributed by atoms with van der Waals surface area (Å²) in [6.45, 7) is 1.83. The maximum atomic E-state index is 13.8. The number of carbonyl (C=O) groups excluding carboxylic acids is 1. The molecule has 3 aromatic carbocycles. The minimum absolute atomic E-state index is 0.298. The number of amides is 1. The summed E-state index contributed by atoms with van der Waals surface area (Å²) >= 11 is 0. The molecule has 1 aliphatic rings. The first-order valence-corrected chi connectivity index (χ1v) is 12.2. The van der Waals surface area contributed by atoms with Crippen LogP contribution in [0.25, 0.3) is 11.4 Å². The van der Waals surface area contributed by atoms with Crippen LogP contribution >= 0.6 is 0 Å². The summed E-state index contributed by atoms with van der Waals surface area (Å²) in [6, 6.07) is 19.6. The number of fused-ring (bicyclic) bond motifs is 1. The van der Waals surface area contributed by atoms with Crippen molar-refractivity contribution in [3.63, 3.8) is 0 Å². The van der Waals surface area contributed by atoms with E-state index in [0.717, 1.165) is 5.56 Å². The molecule has 0 spiro atoms. The predicted molar refractivity (Wildman–Crippen MR) is 148 cm³/mol. The molecule has 0 radical (unpaired) electrons. The molecule has 0 fully saturated rings. The van der Waals surface area contributed by atoms with Gasteiger partial charge in [-0.15, -0.1) is 5.10 Å². The van der Waals surface area contributed by atoms with Crippen LogP contribution in [0.4, 0.5) is 11.6 Å². The molecular formula is C29H29N5O5. The van der Waals surface area contributed by atoms with E-state index >= 15 is 0 Å².